The molecule has 2 nitrogen and oxygen atoms in total. The highest BCUT2D eigenvalue weighted by atomic mass is 16.5. The van der Waals surface area contributed by atoms with Gasteiger partial charge in [0.2, 0.25) is 0 Å². The van der Waals surface area contributed by atoms with E-state index >= 15 is 0 Å². The monoisotopic (exact) mass is 203 g/mol. The molecule has 0 aliphatic rings. The quantitative estimate of drug-likeness (QED) is 0.583. The van der Waals surface area contributed by atoms with E-state index in [0.29, 0.717) is 6.54 Å². The predicted molar refractivity (Wildman–Crippen MR) is 63.0 cm³/mol. The number of hydrogen-bond donors (Lipinski definition) is 1. The maximum absolute atomic E-state index is 5.76. The summed E-state index contributed by atoms with van der Waals surface area (Å²) in [7, 11) is 0. The van der Waals surface area contributed by atoms with Crippen LogP contribution >= 0.6 is 0 Å². The van der Waals surface area contributed by atoms with Crippen LogP contribution in [0.25, 0.3) is 0 Å². The molecule has 15 heavy (non-hydrogen) atoms. The van der Waals surface area contributed by atoms with E-state index in [9.17, 15) is 0 Å². The molecule has 0 bridgehead atoms. The molecule has 1 rings (SSSR count). The first-order valence-electron chi connectivity index (χ1n) is 5.10. The molecule has 0 aromatic heterocycles. The molecule has 0 saturated carbocycles. The zero-order valence-corrected chi connectivity index (χ0v) is 9.29. The van der Waals surface area contributed by atoms with Crippen LogP contribution in [-0.2, 0) is 0 Å². The van der Waals surface area contributed by atoms with Gasteiger partial charge in [-0.15, -0.1) is 6.42 Å². The van der Waals surface area contributed by atoms with Gasteiger partial charge in [-0.2, -0.15) is 0 Å². The molecule has 0 heterocycles. The van der Waals surface area contributed by atoms with Crippen LogP contribution in [0.4, 0.5) is 0 Å². The van der Waals surface area contributed by atoms with Crippen LogP contribution in [0.2, 0.25) is 0 Å². The van der Waals surface area contributed by atoms with Crippen molar-refractivity contribution >= 4 is 0 Å². The predicted octanol–water partition coefficient (Wildman–Crippen LogP) is 1.99. The van der Waals surface area contributed by atoms with Crippen LogP contribution in [0.15, 0.2) is 24.3 Å². The van der Waals surface area contributed by atoms with Gasteiger partial charge in [0.25, 0.3) is 0 Å². The normalized spacial score (nSPS) is 11.8. The summed E-state index contributed by atoms with van der Waals surface area (Å²) in [6, 6.07) is 8.00. The van der Waals surface area contributed by atoms with E-state index in [1.54, 1.807) is 0 Å². The summed E-state index contributed by atoms with van der Waals surface area (Å²) in [6.45, 7) is 5.41. The summed E-state index contributed by atoms with van der Waals surface area (Å²) < 4.78 is 5.76. The molecule has 1 aromatic rings. The summed E-state index contributed by atoms with van der Waals surface area (Å²) in [5.74, 6) is 3.47. The van der Waals surface area contributed by atoms with Crippen molar-refractivity contribution < 1.29 is 4.74 Å². The number of ether oxygens (including phenoxy) is 1. The molecule has 1 unspecified atom stereocenters. The second-order valence-corrected chi connectivity index (χ2v) is 3.53. The molecule has 80 valence electrons. The molecule has 0 amide bonds. The van der Waals surface area contributed by atoms with Gasteiger partial charge in [0.15, 0.2) is 0 Å². The van der Waals surface area contributed by atoms with Crippen molar-refractivity contribution in [2.75, 3.05) is 13.1 Å². The highest BCUT2D eigenvalue weighted by molar-refractivity contribution is 5.31. The fourth-order valence-corrected chi connectivity index (χ4v) is 1.29. The smallest absolute Gasteiger partial charge is 0.122 e. The van der Waals surface area contributed by atoms with Crippen LogP contribution in [0, 0.1) is 19.3 Å². The van der Waals surface area contributed by atoms with Gasteiger partial charge >= 0.3 is 0 Å². The standard InChI is InChI=1S/C13H17NO/c1-4-9-14-10-12(3)15-13-8-6-5-7-11(13)2/h1,5-8,12,14H,9-10H2,2-3H3. The van der Waals surface area contributed by atoms with Crippen LogP contribution in [0.1, 0.15) is 12.5 Å². The van der Waals surface area contributed by atoms with Crippen molar-refractivity contribution in [3.05, 3.63) is 29.8 Å². The fraction of sp³-hybridized carbons (Fsp3) is 0.385. The Morgan fingerprint density at radius 3 is 2.87 bits per heavy atom. The number of benzene rings is 1. The number of hydrogen-bond acceptors (Lipinski definition) is 2. The van der Waals surface area contributed by atoms with E-state index in [4.69, 9.17) is 11.2 Å². The van der Waals surface area contributed by atoms with Crippen molar-refractivity contribution in [3.8, 4) is 18.1 Å². The van der Waals surface area contributed by atoms with E-state index in [0.717, 1.165) is 17.9 Å². The highest BCUT2D eigenvalue weighted by Gasteiger charge is 2.04. The fourth-order valence-electron chi connectivity index (χ4n) is 1.29. The average Bonchev–Trinajstić information content (AvgIpc) is 2.22. The second kappa shape index (κ2) is 6.10. The van der Waals surface area contributed by atoms with E-state index < -0.39 is 0 Å². The minimum absolute atomic E-state index is 0.124. The Labute approximate surface area is 91.6 Å². The minimum atomic E-state index is 0.124. The average molecular weight is 203 g/mol. The number of para-hydroxylation sites is 1. The minimum Gasteiger partial charge on any atom is -0.489 e. The molecule has 0 radical (unpaired) electrons. The summed E-state index contributed by atoms with van der Waals surface area (Å²) in [6.07, 6.45) is 5.26. The maximum Gasteiger partial charge on any atom is 0.122 e. The summed E-state index contributed by atoms with van der Waals surface area (Å²) >= 11 is 0. The summed E-state index contributed by atoms with van der Waals surface area (Å²) in [5, 5.41) is 3.11. The van der Waals surface area contributed by atoms with E-state index in [2.05, 4.69) is 11.2 Å². The Balaban J connectivity index is 2.41. The molecular weight excluding hydrogens is 186 g/mol. The molecule has 0 aliphatic heterocycles. The van der Waals surface area contributed by atoms with Gasteiger partial charge in [-0.3, -0.25) is 0 Å². The number of aryl methyl sites for hydroxylation is 1. The summed E-state index contributed by atoms with van der Waals surface area (Å²) in [4.78, 5) is 0. The van der Waals surface area contributed by atoms with E-state index in [1.807, 2.05) is 38.1 Å². The molecule has 0 spiro atoms. The van der Waals surface area contributed by atoms with Gasteiger partial charge < -0.3 is 10.1 Å². The van der Waals surface area contributed by atoms with Crippen molar-refractivity contribution in [3.63, 3.8) is 0 Å². The molecule has 1 N–H and O–H groups in total. The molecule has 2 heteroatoms. The second-order valence-electron chi connectivity index (χ2n) is 3.53. The lowest BCUT2D eigenvalue weighted by molar-refractivity contribution is 0.218. The zero-order chi connectivity index (χ0) is 11.1. The number of nitrogens with one attached hydrogen (secondary N) is 1. The first-order valence-corrected chi connectivity index (χ1v) is 5.10. The van der Waals surface area contributed by atoms with Gasteiger partial charge in [-0.25, -0.2) is 0 Å². The van der Waals surface area contributed by atoms with Crippen molar-refractivity contribution in [1.82, 2.24) is 5.32 Å². The van der Waals surface area contributed by atoms with Gasteiger partial charge in [0, 0.05) is 6.54 Å². The Hall–Kier alpha value is -1.46. The van der Waals surface area contributed by atoms with E-state index in [1.165, 1.54) is 0 Å². The maximum atomic E-state index is 5.76. The lowest BCUT2D eigenvalue weighted by Gasteiger charge is -2.16. The first kappa shape index (κ1) is 11.6. The topological polar surface area (TPSA) is 21.3 Å². The highest BCUT2D eigenvalue weighted by Crippen LogP contribution is 2.17. The third-order valence-electron chi connectivity index (χ3n) is 2.08. The Kier molecular flexibility index (Phi) is 4.73. The molecular formula is C13H17NO. The van der Waals surface area contributed by atoms with Crippen LogP contribution < -0.4 is 10.1 Å². The molecule has 1 atom stereocenters. The zero-order valence-electron chi connectivity index (χ0n) is 9.29. The Bertz CT molecular complexity index is 341. The molecule has 0 saturated heterocycles. The van der Waals surface area contributed by atoms with Gasteiger partial charge in [-0.1, -0.05) is 24.1 Å². The summed E-state index contributed by atoms with van der Waals surface area (Å²) in [5.41, 5.74) is 1.15. The molecule has 0 aliphatic carbocycles. The first-order chi connectivity index (χ1) is 7.24. The van der Waals surface area contributed by atoms with Gasteiger partial charge in [0.05, 0.1) is 6.54 Å². The Morgan fingerprint density at radius 2 is 2.20 bits per heavy atom. The number of terminal acetylenes is 1. The Morgan fingerprint density at radius 1 is 1.47 bits per heavy atom. The third kappa shape index (κ3) is 4.05. The van der Waals surface area contributed by atoms with Crippen LogP contribution in [-0.4, -0.2) is 19.2 Å². The van der Waals surface area contributed by atoms with E-state index in [-0.39, 0.29) is 6.10 Å². The number of rotatable bonds is 5. The largest absolute Gasteiger partial charge is 0.489 e. The van der Waals surface area contributed by atoms with Gasteiger partial charge in [-0.05, 0) is 25.5 Å². The lowest BCUT2D eigenvalue weighted by atomic mass is 10.2. The molecule has 0 fully saturated rings. The van der Waals surface area contributed by atoms with Gasteiger partial charge in [0.1, 0.15) is 11.9 Å². The van der Waals surface area contributed by atoms with Crippen molar-refractivity contribution in [1.29, 1.82) is 0 Å². The SMILES string of the molecule is C#CCNCC(C)Oc1ccccc1C. The van der Waals surface area contributed by atoms with Crippen LogP contribution in [0.5, 0.6) is 5.75 Å². The molecule has 1 aromatic carbocycles. The third-order valence-corrected chi connectivity index (χ3v) is 2.08. The van der Waals surface area contributed by atoms with Crippen molar-refractivity contribution in [2.45, 2.75) is 20.0 Å². The lowest BCUT2D eigenvalue weighted by Crippen LogP contribution is -2.29. The van der Waals surface area contributed by atoms with Crippen molar-refractivity contribution in [2.24, 2.45) is 0 Å². The van der Waals surface area contributed by atoms with Crippen LogP contribution in [0.3, 0.4) is 0 Å².